The smallest absolute Gasteiger partial charge is 0.333 e. The van der Waals surface area contributed by atoms with Gasteiger partial charge in [0.2, 0.25) is 0 Å². The van der Waals surface area contributed by atoms with Crippen molar-refractivity contribution in [1.82, 2.24) is 10.1 Å². The van der Waals surface area contributed by atoms with Crippen molar-refractivity contribution < 1.29 is 59.4 Å². The molecule has 3 aliphatic rings. The lowest BCUT2D eigenvalue weighted by Gasteiger charge is -2.27. The summed E-state index contributed by atoms with van der Waals surface area (Å²) in [6, 6.07) is 15.1. The molecule has 66 heavy (non-hydrogen) atoms. The Morgan fingerprint density at radius 1 is 0.879 bits per heavy atom. The number of allylic oxidation sites excluding steroid dienone is 8. The van der Waals surface area contributed by atoms with Gasteiger partial charge in [-0.05, 0) is 92.2 Å². The second-order valence-electron chi connectivity index (χ2n) is 17.1. The van der Waals surface area contributed by atoms with Crippen LogP contribution in [0.15, 0.2) is 119 Å². The molecule has 0 aliphatic carbocycles. The van der Waals surface area contributed by atoms with Gasteiger partial charge in [0.25, 0.3) is 27.8 Å². The first kappa shape index (κ1) is 49.2. The first-order valence-electron chi connectivity index (χ1n) is 21.4. The summed E-state index contributed by atoms with van der Waals surface area (Å²) < 4.78 is 70.0. The van der Waals surface area contributed by atoms with E-state index in [-0.39, 0.29) is 42.7 Å². The number of carbonyl (C=O) groups excluding carboxylic acids is 4. The van der Waals surface area contributed by atoms with Crippen LogP contribution < -0.4 is 14.3 Å². The third-order valence-corrected chi connectivity index (χ3v) is 13.2. The van der Waals surface area contributed by atoms with E-state index in [1.165, 1.54) is 19.2 Å². The fraction of sp³-hybridized carbons (Fsp3) is 0.362. The van der Waals surface area contributed by atoms with Crippen LogP contribution in [0.2, 0.25) is 0 Å². The molecule has 6 rings (SSSR count). The third kappa shape index (κ3) is 11.6. The van der Waals surface area contributed by atoms with E-state index in [1.807, 2.05) is 76.3 Å². The number of amides is 3. The first-order chi connectivity index (χ1) is 31.1. The summed E-state index contributed by atoms with van der Waals surface area (Å²) in [5.74, 6) is -1.77. The number of para-hydroxylation sites is 1. The summed E-state index contributed by atoms with van der Waals surface area (Å²) in [6.07, 6.45) is 16.3. The zero-order valence-corrected chi connectivity index (χ0v) is 39.0. The molecule has 4 heterocycles. The number of aryl methyl sites for hydroxylation is 1. The van der Waals surface area contributed by atoms with Gasteiger partial charge in [0.15, 0.2) is 11.5 Å². The van der Waals surface area contributed by atoms with E-state index in [1.54, 1.807) is 47.2 Å². The van der Waals surface area contributed by atoms with Crippen molar-refractivity contribution in [3.8, 4) is 5.75 Å². The van der Waals surface area contributed by atoms with Crippen LogP contribution in [0.5, 0.6) is 5.75 Å². The maximum absolute atomic E-state index is 13.6. The summed E-state index contributed by atoms with van der Waals surface area (Å²) in [5.41, 5.74) is 2.69. The van der Waals surface area contributed by atoms with Gasteiger partial charge in [0.05, 0.1) is 38.1 Å². The second kappa shape index (κ2) is 20.1. The molecule has 1 N–H and O–H groups in total. The molecule has 19 heteroatoms. The predicted molar refractivity (Wildman–Crippen MR) is 243 cm³/mol. The number of rotatable bonds is 19. The maximum atomic E-state index is 13.6. The molecule has 0 bridgehead atoms. The minimum atomic E-state index is -4.47. The molecule has 2 aromatic carbocycles. The van der Waals surface area contributed by atoms with Gasteiger partial charge in [-0.1, -0.05) is 68.8 Å². The van der Waals surface area contributed by atoms with Crippen molar-refractivity contribution in [3.63, 3.8) is 0 Å². The van der Waals surface area contributed by atoms with Gasteiger partial charge in [0.1, 0.15) is 6.20 Å². The number of anilines is 1. The van der Waals surface area contributed by atoms with Crippen molar-refractivity contribution in [2.45, 2.75) is 94.9 Å². The van der Waals surface area contributed by atoms with E-state index in [0.29, 0.717) is 53.7 Å². The summed E-state index contributed by atoms with van der Waals surface area (Å²) in [7, 11) is -7.43. The Morgan fingerprint density at radius 3 is 2.24 bits per heavy atom. The topological polar surface area (TPSA) is 224 Å². The van der Waals surface area contributed by atoms with Crippen molar-refractivity contribution in [2.24, 2.45) is 4.99 Å². The third-order valence-electron chi connectivity index (χ3n) is 11.5. The Hall–Kier alpha value is -6.28. The van der Waals surface area contributed by atoms with Crippen LogP contribution in [-0.4, -0.2) is 84.8 Å². The molecular formula is C47H53N5O12S2. The van der Waals surface area contributed by atoms with Crippen LogP contribution in [0.1, 0.15) is 94.1 Å². The minimum absolute atomic E-state index is 0.0145. The van der Waals surface area contributed by atoms with Gasteiger partial charge in [-0.3, -0.25) is 18.9 Å². The molecule has 1 saturated heterocycles. The number of hydrogen-bond donors (Lipinski definition) is 1. The van der Waals surface area contributed by atoms with Gasteiger partial charge >= 0.3 is 11.8 Å². The number of aromatic nitrogens is 1. The molecule has 3 aliphatic heterocycles. The molecule has 17 nitrogen and oxygen atoms in total. The lowest BCUT2D eigenvalue weighted by Crippen LogP contribution is -2.39. The van der Waals surface area contributed by atoms with Crippen molar-refractivity contribution in [2.75, 3.05) is 24.2 Å². The van der Waals surface area contributed by atoms with E-state index < -0.39 is 60.5 Å². The number of fused-ring (bicyclic) bond motifs is 2. The Balaban J connectivity index is 1.16. The molecule has 1 fully saturated rings. The van der Waals surface area contributed by atoms with Crippen molar-refractivity contribution >= 4 is 61.1 Å². The summed E-state index contributed by atoms with van der Waals surface area (Å²) >= 11 is 0. The SMILES string of the molecule is CN(Oc1ccccc1)C(=O)c1cc2c([n+](CCCS(=O)(=O)[O-])c1)N=C(/C=C/C=C/C=C/C=C1/N(CCCCCC(=O)ON3C(=O)CCC3=O)c3ccc(S(=O)(=O)O)cc3C1(C)C)C2(C)C. The van der Waals surface area contributed by atoms with Crippen molar-refractivity contribution in [3.05, 3.63) is 126 Å². The van der Waals surface area contributed by atoms with Crippen LogP contribution >= 0.6 is 0 Å². The Bertz CT molecular complexity index is 2760. The molecule has 0 radical (unpaired) electrons. The molecule has 350 valence electrons. The van der Waals surface area contributed by atoms with Crippen molar-refractivity contribution in [1.29, 1.82) is 0 Å². The van der Waals surface area contributed by atoms with E-state index in [4.69, 9.17) is 14.7 Å². The monoisotopic (exact) mass is 943 g/mol. The first-order valence-corrected chi connectivity index (χ1v) is 24.4. The number of hydroxylamine groups is 4. The molecule has 0 atom stereocenters. The quantitative estimate of drug-likeness (QED) is 0.0359. The molecule has 1 aromatic heterocycles. The minimum Gasteiger partial charge on any atom is -0.748 e. The number of imide groups is 1. The fourth-order valence-corrected chi connectivity index (χ4v) is 8.98. The van der Waals surface area contributed by atoms with E-state index in [9.17, 15) is 45.1 Å². The highest BCUT2D eigenvalue weighted by Crippen LogP contribution is 2.48. The van der Waals surface area contributed by atoms with Gasteiger partial charge in [-0.25, -0.2) is 17.8 Å². The number of carbonyl (C=O) groups is 4. The lowest BCUT2D eigenvalue weighted by molar-refractivity contribution is -0.684. The number of pyridine rings is 1. The average molecular weight is 944 g/mol. The lowest BCUT2D eigenvalue weighted by atomic mass is 9.81. The van der Waals surface area contributed by atoms with Gasteiger partial charge in [-0.15, -0.1) is 5.06 Å². The summed E-state index contributed by atoms with van der Waals surface area (Å²) in [5, 5.41) is 1.65. The second-order valence-corrected chi connectivity index (χ2v) is 20.0. The zero-order valence-electron chi connectivity index (χ0n) is 37.4. The fourth-order valence-electron chi connectivity index (χ4n) is 7.99. The highest BCUT2D eigenvalue weighted by Gasteiger charge is 2.44. The van der Waals surface area contributed by atoms with Gasteiger partial charge < -0.3 is 19.1 Å². The summed E-state index contributed by atoms with van der Waals surface area (Å²) in [6.45, 7) is 8.48. The van der Waals surface area contributed by atoms with E-state index in [0.717, 1.165) is 22.0 Å². The number of hydrogen-bond acceptors (Lipinski definition) is 13. The molecule has 0 spiro atoms. The molecule has 0 saturated carbocycles. The van der Waals surface area contributed by atoms with Crippen LogP contribution in [-0.2, 0) is 56.8 Å². The largest absolute Gasteiger partial charge is 0.748 e. The molecule has 3 aromatic rings. The highest BCUT2D eigenvalue weighted by molar-refractivity contribution is 7.86. The molecule has 3 amide bonds. The molecule has 0 unspecified atom stereocenters. The Morgan fingerprint density at radius 2 is 1.56 bits per heavy atom. The van der Waals surface area contributed by atoms with Gasteiger partial charge in [0, 0.05) is 55.4 Å². The molecular weight excluding hydrogens is 891 g/mol. The number of aliphatic imine (C=N–C) groups is 1. The Kier molecular flexibility index (Phi) is 15.0. The van der Waals surface area contributed by atoms with Gasteiger partial charge in [-0.2, -0.15) is 13.5 Å². The predicted octanol–water partition coefficient (Wildman–Crippen LogP) is 6.10. The standard InChI is InChI=1S/C47H53N5O12S2/c1-46(2)37-30-33(45(56)49(5)63-34-18-11-9-12-19-34)32-50(27-17-29-65(57,58)59)44(37)48-39(46)20-13-7-6-8-14-21-40-47(3,4)36-31-35(66(60,61)62)23-24-38(36)51(40)28-16-10-15-22-43(55)64-52-41(53)25-26-42(52)54/h6-9,11-14,18-21,23-24,30-32H,10,15-17,22,25-29H2,1-5H3,(H-,57,58,59,60,61,62). The average Bonchev–Trinajstić information content (AvgIpc) is 3.78. The number of unbranched alkanes of at least 4 members (excludes halogenated alkanes) is 2. The normalized spacial score (nSPS) is 17.3. The van der Waals surface area contributed by atoms with Crippen LogP contribution in [0.4, 0.5) is 11.5 Å². The summed E-state index contributed by atoms with van der Waals surface area (Å²) in [4.78, 5) is 67.0. The maximum Gasteiger partial charge on any atom is 0.333 e. The zero-order chi connectivity index (χ0) is 48.0. The Labute approximate surface area is 384 Å². The van der Waals surface area contributed by atoms with E-state index in [2.05, 4.69) is 4.90 Å². The number of nitrogens with zero attached hydrogens (tertiary/aromatic N) is 5. The van der Waals surface area contributed by atoms with Crippen LogP contribution in [0, 0.1) is 0 Å². The van der Waals surface area contributed by atoms with Crippen LogP contribution in [0.3, 0.4) is 0 Å². The number of benzene rings is 2. The highest BCUT2D eigenvalue weighted by atomic mass is 32.2. The van der Waals surface area contributed by atoms with Crippen LogP contribution in [0.25, 0.3) is 0 Å². The van der Waals surface area contributed by atoms with E-state index >= 15 is 0 Å².